The van der Waals surface area contributed by atoms with Crippen LogP contribution in [0.2, 0.25) is 10.0 Å². The fourth-order valence-corrected chi connectivity index (χ4v) is 4.36. The molecule has 0 aromatic heterocycles. The molecule has 0 bridgehead atoms. The van der Waals surface area contributed by atoms with Gasteiger partial charge in [0, 0.05) is 22.2 Å². The van der Waals surface area contributed by atoms with Crippen LogP contribution in [-0.2, 0) is 4.79 Å². The van der Waals surface area contributed by atoms with Gasteiger partial charge in [-0.2, -0.15) is 10.4 Å². The summed E-state index contributed by atoms with van der Waals surface area (Å²) >= 11 is 12.0. The molecule has 0 spiro atoms. The van der Waals surface area contributed by atoms with Gasteiger partial charge in [0.05, 0.1) is 31.4 Å². The number of nitrogens with zero attached hydrogens (tertiary/aromatic N) is 6. The van der Waals surface area contributed by atoms with Gasteiger partial charge in [-0.25, -0.2) is 5.01 Å². The van der Waals surface area contributed by atoms with Gasteiger partial charge in [-0.3, -0.25) is 4.79 Å². The quantitative estimate of drug-likeness (QED) is 0.361. The maximum Gasteiger partial charge on any atom is 0.248 e. The third-order valence-corrected chi connectivity index (χ3v) is 6.33. The number of ether oxygens (including phenoxy) is 1. The molecule has 1 N–H and O–H groups in total. The first-order chi connectivity index (χ1) is 16.9. The lowest BCUT2D eigenvalue weighted by Gasteiger charge is -2.42. The van der Waals surface area contributed by atoms with E-state index in [4.69, 9.17) is 33.0 Å². The van der Waals surface area contributed by atoms with Crippen molar-refractivity contribution in [2.75, 3.05) is 32.8 Å². The summed E-state index contributed by atoms with van der Waals surface area (Å²) in [6.45, 7) is 2.95. The third kappa shape index (κ3) is 5.51. The fourth-order valence-electron chi connectivity index (χ4n) is 4.11. The minimum Gasteiger partial charge on any atom is -0.487 e. The first-order valence-electron chi connectivity index (χ1n) is 11.1. The Bertz CT molecular complexity index is 1160. The molecule has 1 atom stereocenters. The van der Waals surface area contributed by atoms with Crippen LogP contribution in [0.15, 0.2) is 58.6 Å². The van der Waals surface area contributed by atoms with Gasteiger partial charge >= 0.3 is 0 Å². The number of aliphatic hydroxyl groups excluding tert-OH is 1. The first kappa shape index (κ1) is 24.8. The molecule has 1 fully saturated rings. The molecule has 1 saturated heterocycles. The molecule has 9 nitrogen and oxygen atoms in total. The Morgan fingerprint density at radius 1 is 1.17 bits per heavy atom. The number of hydrogen-bond donors (Lipinski definition) is 1. The molecule has 2 aromatic rings. The number of carbonyl (C=O) groups is 1. The van der Waals surface area contributed by atoms with Gasteiger partial charge in [-0.05, 0) is 43.3 Å². The maximum atomic E-state index is 12.5. The molecule has 35 heavy (non-hydrogen) atoms. The minimum absolute atomic E-state index is 0.0821. The number of guanidine groups is 1. The van der Waals surface area contributed by atoms with E-state index >= 15 is 0 Å². The lowest BCUT2D eigenvalue weighted by molar-refractivity contribution is -0.135. The molecule has 2 aliphatic heterocycles. The Morgan fingerprint density at radius 2 is 1.80 bits per heavy atom. The zero-order valence-corrected chi connectivity index (χ0v) is 20.5. The summed E-state index contributed by atoms with van der Waals surface area (Å²) in [6, 6.07) is 13.9. The predicted molar refractivity (Wildman–Crippen MR) is 133 cm³/mol. The second-order valence-electron chi connectivity index (χ2n) is 8.04. The Kier molecular flexibility index (Phi) is 7.76. The van der Waals surface area contributed by atoms with Gasteiger partial charge in [0.25, 0.3) is 0 Å². The zero-order chi connectivity index (χ0) is 24.9. The highest BCUT2D eigenvalue weighted by molar-refractivity contribution is 6.31. The summed E-state index contributed by atoms with van der Waals surface area (Å²) in [5.41, 5.74) is 1.42. The van der Waals surface area contributed by atoms with Gasteiger partial charge in [0.1, 0.15) is 18.5 Å². The summed E-state index contributed by atoms with van der Waals surface area (Å²) in [5, 5.41) is 26.4. The maximum absolute atomic E-state index is 12.5. The van der Waals surface area contributed by atoms with Crippen molar-refractivity contribution in [3.63, 3.8) is 0 Å². The van der Waals surface area contributed by atoms with Crippen LogP contribution in [0.1, 0.15) is 12.5 Å². The number of nitriles is 1. The normalized spacial score (nSPS) is 18.1. The average molecular weight is 515 g/mol. The predicted octanol–water partition coefficient (Wildman–Crippen LogP) is 2.82. The number of aliphatic imine (C=N–C) groups is 1. The van der Waals surface area contributed by atoms with Crippen LogP contribution < -0.4 is 4.74 Å². The molecule has 11 heteroatoms. The highest BCUT2D eigenvalue weighted by atomic mass is 35.5. The van der Waals surface area contributed by atoms with Crippen LogP contribution >= 0.6 is 23.2 Å². The molecule has 1 unspecified atom stereocenters. The number of hydrogen-bond acceptors (Lipinski definition) is 6. The number of aliphatic hydroxyl groups is 1. The van der Waals surface area contributed by atoms with Crippen LogP contribution in [0.3, 0.4) is 0 Å². The third-order valence-electron chi connectivity index (χ3n) is 5.83. The van der Waals surface area contributed by atoms with Crippen molar-refractivity contribution >= 4 is 40.8 Å². The van der Waals surface area contributed by atoms with Crippen LogP contribution in [0.4, 0.5) is 0 Å². The largest absolute Gasteiger partial charge is 0.487 e. The van der Waals surface area contributed by atoms with Crippen LogP contribution in [0, 0.1) is 11.5 Å². The Hall–Kier alpha value is -3.32. The number of carbonyl (C=O) groups excluding carboxylic acids is 1. The van der Waals surface area contributed by atoms with Crippen LogP contribution in [0.25, 0.3) is 0 Å². The second kappa shape index (κ2) is 11.0. The summed E-state index contributed by atoms with van der Waals surface area (Å²) in [6.07, 6.45) is 1.78. The highest BCUT2D eigenvalue weighted by Crippen LogP contribution is 2.25. The van der Waals surface area contributed by atoms with E-state index in [2.05, 4.69) is 4.99 Å². The summed E-state index contributed by atoms with van der Waals surface area (Å²) in [4.78, 5) is 20.0. The number of likely N-dealkylation sites (N-methyl/N-ethyl adjacent to an activating group) is 1. The molecular weight excluding hydrogens is 491 g/mol. The Balaban J connectivity index is 1.55. The van der Waals surface area contributed by atoms with E-state index in [0.29, 0.717) is 47.1 Å². The molecule has 2 aromatic carbocycles. The van der Waals surface area contributed by atoms with Crippen molar-refractivity contribution in [1.29, 1.82) is 5.26 Å². The number of halogens is 2. The van der Waals surface area contributed by atoms with Crippen LogP contribution in [0.5, 0.6) is 5.75 Å². The molecule has 0 saturated carbocycles. The zero-order valence-electron chi connectivity index (χ0n) is 19.0. The van der Waals surface area contributed by atoms with Crippen LogP contribution in [-0.4, -0.2) is 82.4 Å². The van der Waals surface area contributed by atoms with E-state index < -0.39 is 18.6 Å². The van der Waals surface area contributed by atoms with Crippen molar-refractivity contribution in [2.45, 2.75) is 19.1 Å². The smallest absolute Gasteiger partial charge is 0.248 e. The van der Waals surface area contributed by atoms with E-state index in [-0.39, 0.29) is 12.6 Å². The Morgan fingerprint density at radius 3 is 2.37 bits per heavy atom. The summed E-state index contributed by atoms with van der Waals surface area (Å²) in [5.74, 6) is 0.688. The van der Waals surface area contributed by atoms with Gasteiger partial charge in [-0.1, -0.05) is 35.3 Å². The molecular formula is C24H24Cl2N6O3. The lowest BCUT2D eigenvalue weighted by Crippen LogP contribution is -2.59. The lowest BCUT2D eigenvalue weighted by atomic mass is 10.0. The van der Waals surface area contributed by atoms with Gasteiger partial charge in [-0.15, -0.1) is 4.99 Å². The molecule has 1 amide bonds. The van der Waals surface area contributed by atoms with E-state index in [1.807, 2.05) is 30.1 Å². The van der Waals surface area contributed by atoms with Crippen molar-refractivity contribution < 1.29 is 14.6 Å². The number of hydrazone groups is 1. The number of benzene rings is 2. The molecule has 0 radical (unpaired) electrons. The average Bonchev–Trinajstić information content (AvgIpc) is 3.26. The molecule has 182 valence electrons. The monoisotopic (exact) mass is 514 g/mol. The standard InChI is InChI=1S/C24H24Cl2N6O3/c1-2-31(22(34)14-33)21-13-32(29-23(21)16-3-5-17(25)6-4-16)24(28-15-27)30-11-20(12-30)35-19-9-7-18(26)8-10-19/h3-10,20-21,33H,2,11-14H2,1H3/b28-24-. The number of likely N-dealkylation sites (tertiary alicyclic amines) is 1. The van der Waals surface area contributed by atoms with E-state index in [1.54, 1.807) is 46.3 Å². The topological polar surface area (TPSA) is 105 Å². The molecule has 2 aliphatic rings. The minimum atomic E-state index is -0.604. The summed E-state index contributed by atoms with van der Waals surface area (Å²) in [7, 11) is 0. The Labute approximate surface area is 213 Å². The van der Waals surface area contributed by atoms with Crippen molar-refractivity contribution in [3.05, 3.63) is 64.1 Å². The molecule has 2 heterocycles. The van der Waals surface area contributed by atoms with Gasteiger partial charge in [0.15, 0.2) is 0 Å². The highest BCUT2D eigenvalue weighted by Gasteiger charge is 2.40. The van der Waals surface area contributed by atoms with Crippen molar-refractivity contribution in [1.82, 2.24) is 14.8 Å². The first-order valence-corrected chi connectivity index (χ1v) is 11.8. The van der Waals surface area contributed by atoms with E-state index in [1.165, 1.54) is 0 Å². The second-order valence-corrected chi connectivity index (χ2v) is 8.91. The van der Waals surface area contributed by atoms with Gasteiger partial charge < -0.3 is 19.6 Å². The fraction of sp³-hybridized carbons (Fsp3) is 0.333. The van der Waals surface area contributed by atoms with Gasteiger partial charge in [0.2, 0.25) is 18.1 Å². The summed E-state index contributed by atoms with van der Waals surface area (Å²) < 4.78 is 5.97. The number of rotatable bonds is 6. The van der Waals surface area contributed by atoms with Crippen molar-refractivity contribution in [3.8, 4) is 11.9 Å². The van der Waals surface area contributed by atoms with E-state index in [0.717, 1.165) is 5.56 Å². The van der Waals surface area contributed by atoms with Crippen molar-refractivity contribution in [2.24, 2.45) is 10.1 Å². The molecule has 4 rings (SSSR count). The number of amides is 1. The SMILES string of the molecule is CCN(C(=O)CO)C1CN(/C(=N\C#N)N2CC(Oc3ccc(Cl)cc3)C2)N=C1c1ccc(Cl)cc1. The van der Waals surface area contributed by atoms with E-state index in [9.17, 15) is 15.2 Å². The molecule has 0 aliphatic carbocycles.